The summed E-state index contributed by atoms with van der Waals surface area (Å²) >= 11 is 0. The highest BCUT2D eigenvalue weighted by molar-refractivity contribution is 5.70. The van der Waals surface area contributed by atoms with Crippen molar-refractivity contribution in [1.29, 1.82) is 0 Å². The molecule has 11 unspecified atom stereocenters. The second-order valence-corrected chi connectivity index (χ2v) is 17.3. The van der Waals surface area contributed by atoms with Gasteiger partial charge in [0.1, 0.15) is 55.4 Å². The predicted molar refractivity (Wildman–Crippen MR) is 247 cm³/mol. The van der Waals surface area contributed by atoms with E-state index in [0.29, 0.717) is 12.8 Å². The van der Waals surface area contributed by atoms with Crippen LogP contribution in [0.4, 0.5) is 0 Å². The molecule has 11 atom stereocenters. The van der Waals surface area contributed by atoms with Gasteiger partial charge in [-0.25, -0.2) is 0 Å². The second-order valence-electron chi connectivity index (χ2n) is 17.3. The molecular formula is C50H86O15. The highest BCUT2D eigenvalue weighted by atomic mass is 16.7. The molecule has 2 aliphatic rings. The lowest BCUT2D eigenvalue weighted by Crippen LogP contribution is -2.61. The van der Waals surface area contributed by atoms with Crippen LogP contribution in [-0.4, -0.2) is 142 Å². The molecule has 2 fully saturated rings. The van der Waals surface area contributed by atoms with E-state index in [4.69, 9.17) is 28.4 Å². The molecule has 0 aromatic carbocycles. The summed E-state index contributed by atoms with van der Waals surface area (Å²) in [7, 11) is 0. The molecule has 65 heavy (non-hydrogen) atoms. The van der Waals surface area contributed by atoms with Gasteiger partial charge in [-0.2, -0.15) is 0 Å². The van der Waals surface area contributed by atoms with E-state index < -0.39 is 99.3 Å². The molecule has 0 aromatic rings. The number of unbranched alkanes of at least 4 members (excludes halogenated alkanes) is 15. The molecule has 2 rings (SSSR count). The zero-order chi connectivity index (χ0) is 47.5. The van der Waals surface area contributed by atoms with E-state index in [1.54, 1.807) is 0 Å². The Hall–Kier alpha value is -2.54. The zero-order valence-corrected chi connectivity index (χ0v) is 39.5. The van der Waals surface area contributed by atoms with Gasteiger partial charge in [0, 0.05) is 12.8 Å². The third-order valence-electron chi connectivity index (χ3n) is 11.6. The Morgan fingerprint density at radius 3 is 1.52 bits per heavy atom. The van der Waals surface area contributed by atoms with Crippen molar-refractivity contribution in [3.8, 4) is 0 Å². The molecule has 0 spiro atoms. The van der Waals surface area contributed by atoms with Gasteiger partial charge in [0.15, 0.2) is 18.7 Å². The summed E-state index contributed by atoms with van der Waals surface area (Å²) in [4.78, 5) is 25.7. The third kappa shape index (κ3) is 26.0. The Balaban J connectivity index is 1.84. The first kappa shape index (κ1) is 58.6. The van der Waals surface area contributed by atoms with Crippen molar-refractivity contribution in [1.82, 2.24) is 0 Å². The van der Waals surface area contributed by atoms with Crippen molar-refractivity contribution in [2.45, 2.75) is 229 Å². The lowest BCUT2D eigenvalue weighted by Gasteiger charge is -2.42. The maximum atomic E-state index is 13.0. The van der Waals surface area contributed by atoms with Crippen LogP contribution in [0, 0.1) is 0 Å². The number of aliphatic hydroxyl groups is 7. The van der Waals surface area contributed by atoms with Gasteiger partial charge in [0.05, 0.1) is 19.8 Å². The number of rotatable bonds is 37. The molecular weight excluding hydrogens is 841 g/mol. The van der Waals surface area contributed by atoms with Gasteiger partial charge in [0.25, 0.3) is 0 Å². The number of hydrogen-bond acceptors (Lipinski definition) is 15. The van der Waals surface area contributed by atoms with Gasteiger partial charge in [-0.15, -0.1) is 0 Å². The molecule has 0 bridgehead atoms. The van der Waals surface area contributed by atoms with Gasteiger partial charge in [-0.3, -0.25) is 9.59 Å². The summed E-state index contributed by atoms with van der Waals surface area (Å²) in [5.74, 6) is -0.954. The molecule has 376 valence electrons. The normalized spacial score (nSPS) is 26.8. The molecule has 15 heteroatoms. The summed E-state index contributed by atoms with van der Waals surface area (Å²) in [6.07, 6.45) is 22.8. The molecule has 15 nitrogen and oxygen atoms in total. The van der Waals surface area contributed by atoms with Crippen LogP contribution in [0.1, 0.15) is 162 Å². The molecule has 2 aliphatic heterocycles. The summed E-state index contributed by atoms with van der Waals surface area (Å²) in [6, 6.07) is 0. The fourth-order valence-corrected chi connectivity index (χ4v) is 7.50. The van der Waals surface area contributed by atoms with Crippen LogP contribution in [-0.2, 0) is 38.0 Å². The molecule has 0 saturated carbocycles. The van der Waals surface area contributed by atoms with E-state index in [-0.39, 0.29) is 19.4 Å². The Labute approximate surface area is 388 Å². The second kappa shape index (κ2) is 37.4. The molecule has 2 heterocycles. The fourth-order valence-electron chi connectivity index (χ4n) is 7.50. The summed E-state index contributed by atoms with van der Waals surface area (Å²) in [5, 5.41) is 72.0. The first-order valence-electron chi connectivity index (χ1n) is 24.7. The van der Waals surface area contributed by atoms with Crippen molar-refractivity contribution in [3.05, 3.63) is 48.6 Å². The Kier molecular flexibility index (Phi) is 33.7. The minimum atomic E-state index is -1.77. The van der Waals surface area contributed by atoms with E-state index in [2.05, 4.69) is 62.5 Å². The van der Waals surface area contributed by atoms with Crippen LogP contribution in [0.25, 0.3) is 0 Å². The van der Waals surface area contributed by atoms with Crippen LogP contribution in [0.3, 0.4) is 0 Å². The summed E-state index contributed by atoms with van der Waals surface area (Å²) in [5.41, 5.74) is 0. The van der Waals surface area contributed by atoms with Gasteiger partial charge in [0.2, 0.25) is 0 Å². The summed E-state index contributed by atoms with van der Waals surface area (Å²) < 4.78 is 33.5. The maximum Gasteiger partial charge on any atom is 0.306 e. The zero-order valence-electron chi connectivity index (χ0n) is 39.5. The topological polar surface area (TPSA) is 231 Å². The average Bonchev–Trinajstić information content (AvgIpc) is 3.30. The van der Waals surface area contributed by atoms with Crippen LogP contribution in [0.2, 0.25) is 0 Å². The number of carbonyl (C=O) groups is 2. The third-order valence-corrected chi connectivity index (χ3v) is 11.6. The van der Waals surface area contributed by atoms with E-state index >= 15 is 0 Å². The number of allylic oxidation sites excluding steroid dienone is 8. The minimum absolute atomic E-state index is 0.137. The highest BCUT2D eigenvalue weighted by Crippen LogP contribution is 2.26. The monoisotopic (exact) mass is 927 g/mol. The molecule has 7 N–H and O–H groups in total. The Morgan fingerprint density at radius 1 is 0.508 bits per heavy atom. The standard InChI is InChI=1S/C50H86O15/c1-3-5-7-9-11-13-15-17-18-19-20-21-23-25-27-29-31-33-42(53)63-38(35-60-41(52)32-30-28-26-24-22-16-14-12-10-8-6-4-2)36-61-49-48(59)46(57)44(55)40(65-49)37-62-50-47(58)45(56)43(54)39(34-51)64-50/h5,7,11,13,17-18,20-21,38-40,43-51,54-59H,3-4,6,8-10,12,14-16,19,22-37H2,1-2H3/b7-5-,13-11-,18-17-,21-20-. The predicted octanol–water partition coefficient (Wildman–Crippen LogP) is 6.32. The van der Waals surface area contributed by atoms with Crippen molar-refractivity contribution < 1.29 is 73.8 Å². The molecule has 2 saturated heterocycles. The van der Waals surface area contributed by atoms with E-state index in [9.17, 15) is 45.3 Å². The number of aliphatic hydroxyl groups excluding tert-OH is 7. The van der Waals surface area contributed by atoms with Gasteiger partial charge in [-0.05, 0) is 51.4 Å². The van der Waals surface area contributed by atoms with E-state index in [0.717, 1.165) is 70.6 Å². The first-order chi connectivity index (χ1) is 31.5. The van der Waals surface area contributed by atoms with Gasteiger partial charge < -0.3 is 64.2 Å². The lowest BCUT2D eigenvalue weighted by atomic mass is 9.98. The quantitative estimate of drug-likeness (QED) is 0.0205. The molecule has 0 amide bonds. The number of carbonyl (C=O) groups excluding carboxylic acids is 2. The van der Waals surface area contributed by atoms with Crippen molar-refractivity contribution >= 4 is 11.9 Å². The Bertz CT molecular complexity index is 1320. The minimum Gasteiger partial charge on any atom is -0.462 e. The van der Waals surface area contributed by atoms with Crippen molar-refractivity contribution in [2.75, 3.05) is 26.4 Å². The van der Waals surface area contributed by atoms with Crippen LogP contribution < -0.4 is 0 Å². The molecule has 0 aromatic heterocycles. The van der Waals surface area contributed by atoms with Crippen molar-refractivity contribution in [3.63, 3.8) is 0 Å². The molecule has 0 radical (unpaired) electrons. The van der Waals surface area contributed by atoms with Gasteiger partial charge >= 0.3 is 11.9 Å². The SMILES string of the molecule is CC/C=C\C/C=C\C/C=C\C/C=C\CCCCCCC(=O)OC(COC(=O)CCCCCCCCCCCCCC)COC1OC(COC2OC(CO)C(O)C(O)C2O)C(O)C(O)C1O. The van der Waals surface area contributed by atoms with E-state index in [1.165, 1.54) is 51.4 Å². The first-order valence-corrected chi connectivity index (χ1v) is 24.7. The van der Waals surface area contributed by atoms with Gasteiger partial charge in [-0.1, -0.05) is 146 Å². The fraction of sp³-hybridized carbons (Fsp3) is 0.800. The highest BCUT2D eigenvalue weighted by Gasteiger charge is 2.47. The van der Waals surface area contributed by atoms with E-state index in [1.807, 2.05) is 0 Å². The Morgan fingerprint density at radius 2 is 0.969 bits per heavy atom. The average molecular weight is 927 g/mol. The van der Waals surface area contributed by atoms with Crippen LogP contribution in [0.5, 0.6) is 0 Å². The smallest absolute Gasteiger partial charge is 0.306 e. The van der Waals surface area contributed by atoms with Crippen LogP contribution >= 0.6 is 0 Å². The van der Waals surface area contributed by atoms with Crippen LogP contribution in [0.15, 0.2) is 48.6 Å². The summed E-state index contributed by atoms with van der Waals surface area (Å²) in [6.45, 7) is 2.43. The lowest BCUT2D eigenvalue weighted by molar-refractivity contribution is -0.332. The largest absolute Gasteiger partial charge is 0.462 e. The number of ether oxygens (including phenoxy) is 6. The number of esters is 2. The van der Waals surface area contributed by atoms with Crippen molar-refractivity contribution in [2.24, 2.45) is 0 Å². The molecule has 0 aliphatic carbocycles. The number of hydrogen-bond donors (Lipinski definition) is 7. The maximum absolute atomic E-state index is 13.0.